The number of imide groups is 2. The quantitative estimate of drug-likeness (QED) is 0.211. The molecule has 192 valence electrons. The van der Waals surface area contributed by atoms with Crippen LogP contribution < -0.4 is 15.0 Å². The van der Waals surface area contributed by atoms with Gasteiger partial charge in [-0.25, -0.2) is 14.5 Å². The van der Waals surface area contributed by atoms with Crippen LogP contribution in [0.25, 0.3) is 6.08 Å². The summed E-state index contributed by atoms with van der Waals surface area (Å²) in [7, 11) is 0. The summed E-state index contributed by atoms with van der Waals surface area (Å²) < 4.78 is 6.62. The Morgan fingerprint density at radius 3 is 2.39 bits per heavy atom. The molecule has 8 nitrogen and oxygen atoms in total. The SMILES string of the molecule is C=CCc1cc(/C=C2\C(=O)NC(=O)N(c3ccc(C)cc3)C2=O)cc(Br)c1OCc1ccc(C(=O)O)cc1. The maximum absolute atomic E-state index is 13.2. The Hall–Kier alpha value is -4.50. The van der Waals surface area contributed by atoms with Gasteiger partial charge in [-0.05, 0) is 88.4 Å². The maximum Gasteiger partial charge on any atom is 0.335 e. The number of carboxylic acids is 1. The lowest BCUT2D eigenvalue weighted by atomic mass is 10.0. The van der Waals surface area contributed by atoms with Gasteiger partial charge < -0.3 is 9.84 Å². The zero-order valence-corrected chi connectivity index (χ0v) is 21.9. The molecule has 0 atom stereocenters. The number of hydrogen-bond donors (Lipinski definition) is 2. The first-order valence-electron chi connectivity index (χ1n) is 11.5. The number of aromatic carboxylic acids is 1. The number of halogens is 1. The molecule has 3 aromatic carbocycles. The predicted octanol–water partition coefficient (Wildman–Crippen LogP) is 5.43. The highest BCUT2D eigenvalue weighted by atomic mass is 79.9. The molecule has 0 aliphatic carbocycles. The number of rotatable bonds is 8. The Morgan fingerprint density at radius 1 is 1.08 bits per heavy atom. The highest BCUT2D eigenvalue weighted by Crippen LogP contribution is 2.33. The van der Waals surface area contributed by atoms with Crippen molar-refractivity contribution in [1.29, 1.82) is 0 Å². The highest BCUT2D eigenvalue weighted by molar-refractivity contribution is 9.10. The fourth-order valence-electron chi connectivity index (χ4n) is 3.88. The highest BCUT2D eigenvalue weighted by Gasteiger charge is 2.36. The molecule has 1 saturated heterocycles. The molecular formula is C29H23BrN2O6. The summed E-state index contributed by atoms with van der Waals surface area (Å²) in [5, 5.41) is 11.3. The molecule has 0 aromatic heterocycles. The number of nitrogens with one attached hydrogen (secondary N) is 1. The fourth-order valence-corrected chi connectivity index (χ4v) is 4.51. The number of hydrogen-bond acceptors (Lipinski definition) is 5. The van der Waals surface area contributed by atoms with Crippen molar-refractivity contribution < 1.29 is 29.0 Å². The van der Waals surface area contributed by atoms with Crippen LogP contribution in [-0.4, -0.2) is 28.9 Å². The van der Waals surface area contributed by atoms with Crippen molar-refractivity contribution in [1.82, 2.24) is 5.32 Å². The molecule has 1 aliphatic heterocycles. The third-order valence-electron chi connectivity index (χ3n) is 5.80. The van der Waals surface area contributed by atoms with Crippen molar-refractivity contribution in [2.24, 2.45) is 0 Å². The first kappa shape index (κ1) is 26.6. The first-order valence-corrected chi connectivity index (χ1v) is 12.3. The van der Waals surface area contributed by atoms with Crippen molar-refractivity contribution in [2.45, 2.75) is 20.0 Å². The molecule has 0 spiro atoms. The number of urea groups is 1. The van der Waals surface area contributed by atoms with Gasteiger partial charge in [0.25, 0.3) is 11.8 Å². The Labute approximate surface area is 227 Å². The predicted molar refractivity (Wildman–Crippen MR) is 146 cm³/mol. The zero-order chi connectivity index (χ0) is 27.4. The van der Waals surface area contributed by atoms with Gasteiger partial charge in [0.15, 0.2) is 0 Å². The number of anilines is 1. The monoisotopic (exact) mass is 574 g/mol. The van der Waals surface area contributed by atoms with Crippen molar-refractivity contribution in [3.05, 3.63) is 111 Å². The molecule has 0 bridgehead atoms. The molecule has 1 fully saturated rings. The molecule has 4 amide bonds. The summed E-state index contributed by atoms with van der Waals surface area (Å²) in [5.41, 5.74) is 3.39. The normalized spacial score (nSPS) is 14.4. The van der Waals surface area contributed by atoms with E-state index in [4.69, 9.17) is 9.84 Å². The Kier molecular flexibility index (Phi) is 7.87. The number of carbonyl (C=O) groups is 4. The van der Waals surface area contributed by atoms with Gasteiger partial charge in [-0.15, -0.1) is 6.58 Å². The Morgan fingerprint density at radius 2 is 1.76 bits per heavy atom. The molecule has 1 aliphatic rings. The number of barbiturate groups is 1. The van der Waals surface area contributed by atoms with Crippen LogP contribution in [0.2, 0.25) is 0 Å². The molecule has 4 rings (SSSR count). The second kappa shape index (κ2) is 11.3. The van der Waals surface area contributed by atoms with Crippen molar-refractivity contribution in [3.8, 4) is 5.75 Å². The van der Waals surface area contributed by atoms with Gasteiger partial charge in [0, 0.05) is 0 Å². The van der Waals surface area contributed by atoms with E-state index in [0.29, 0.717) is 27.9 Å². The second-order valence-corrected chi connectivity index (χ2v) is 9.42. The van der Waals surface area contributed by atoms with E-state index in [0.717, 1.165) is 21.6 Å². The average molecular weight is 575 g/mol. The third-order valence-corrected chi connectivity index (χ3v) is 6.39. The molecule has 3 aromatic rings. The molecule has 9 heteroatoms. The summed E-state index contributed by atoms with van der Waals surface area (Å²) in [4.78, 5) is 50.3. The van der Waals surface area contributed by atoms with Crippen LogP contribution in [0.1, 0.15) is 32.6 Å². The van der Waals surface area contributed by atoms with Gasteiger partial charge in [-0.1, -0.05) is 35.9 Å². The minimum Gasteiger partial charge on any atom is -0.487 e. The van der Waals surface area contributed by atoms with E-state index in [2.05, 4.69) is 27.8 Å². The Bertz CT molecular complexity index is 1480. The number of nitrogens with zero attached hydrogens (tertiary/aromatic N) is 1. The van der Waals surface area contributed by atoms with Crippen LogP contribution in [0.4, 0.5) is 10.5 Å². The van der Waals surface area contributed by atoms with Crippen LogP contribution >= 0.6 is 15.9 Å². The second-order valence-electron chi connectivity index (χ2n) is 8.57. The average Bonchev–Trinajstić information content (AvgIpc) is 2.87. The minimum absolute atomic E-state index is 0.184. The van der Waals surface area contributed by atoms with Gasteiger partial charge >= 0.3 is 12.0 Å². The standard InChI is InChI=1S/C29H23BrN2O6/c1-3-4-21-13-19(15-24(30)25(21)38-16-18-7-9-20(10-8-18)28(35)36)14-23-26(33)31-29(37)32(27(23)34)22-11-5-17(2)6-12-22/h3,5-15H,1,4,16H2,2H3,(H,35,36)(H,31,33,37)/b23-14+. The van der Waals surface area contributed by atoms with Gasteiger partial charge in [0.05, 0.1) is 15.7 Å². The largest absolute Gasteiger partial charge is 0.487 e. The molecule has 0 unspecified atom stereocenters. The van der Waals surface area contributed by atoms with Crippen LogP contribution in [-0.2, 0) is 22.6 Å². The smallest absolute Gasteiger partial charge is 0.335 e. The number of allylic oxidation sites excluding steroid dienone is 1. The number of carbonyl (C=O) groups excluding carboxylic acids is 3. The minimum atomic E-state index is -1.00. The fraction of sp³-hybridized carbons (Fsp3) is 0.103. The van der Waals surface area contributed by atoms with E-state index < -0.39 is 23.8 Å². The van der Waals surface area contributed by atoms with Gasteiger partial charge in [0.2, 0.25) is 0 Å². The summed E-state index contributed by atoms with van der Waals surface area (Å²) in [6.07, 6.45) is 3.57. The van der Waals surface area contributed by atoms with E-state index in [1.54, 1.807) is 54.6 Å². The van der Waals surface area contributed by atoms with E-state index in [9.17, 15) is 19.2 Å². The Balaban J connectivity index is 1.63. The van der Waals surface area contributed by atoms with Crippen molar-refractivity contribution in [3.63, 3.8) is 0 Å². The van der Waals surface area contributed by atoms with E-state index in [-0.39, 0.29) is 17.7 Å². The molecular weight excluding hydrogens is 552 g/mol. The summed E-state index contributed by atoms with van der Waals surface area (Å²) in [5.74, 6) is -1.97. The van der Waals surface area contributed by atoms with Crippen LogP contribution in [0, 0.1) is 6.92 Å². The van der Waals surface area contributed by atoms with E-state index >= 15 is 0 Å². The topological polar surface area (TPSA) is 113 Å². The molecule has 1 heterocycles. The lowest BCUT2D eigenvalue weighted by molar-refractivity contribution is -0.122. The number of benzene rings is 3. The van der Waals surface area contributed by atoms with Crippen LogP contribution in [0.5, 0.6) is 5.75 Å². The summed E-state index contributed by atoms with van der Waals surface area (Å²) in [6.45, 7) is 5.87. The van der Waals surface area contributed by atoms with Crippen LogP contribution in [0.15, 0.2) is 83.4 Å². The van der Waals surface area contributed by atoms with Crippen LogP contribution in [0.3, 0.4) is 0 Å². The third kappa shape index (κ3) is 5.73. The molecule has 38 heavy (non-hydrogen) atoms. The maximum atomic E-state index is 13.2. The summed E-state index contributed by atoms with van der Waals surface area (Å²) >= 11 is 3.52. The lowest BCUT2D eigenvalue weighted by Crippen LogP contribution is -2.54. The van der Waals surface area contributed by atoms with Gasteiger partial charge in [0.1, 0.15) is 17.9 Å². The van der Waals surface area contributed by atoms with E-state index in [1.165, 1.54) is 18.2 Å². The molecule has 2 N–H and O–H groups in total. The van der Waals surface area contributed by atoms with E-state index in [1.807, 2.05) is 6.92 Å². The van der Waals surface area contributed by atoms with Gasteiger partial charge in [-0.3, -0.25) is 14.9 Å². The number of ether oxygens (including phenoxy) is 1. The zero-order valence-electron chi connectivity index (χ0n) is 20.4. The first-order chi connectivity index (χ1) is 18.2. The lowest BCUT2D eigenvalue weighted by Gasteiger charge is -2.26. The molecule has 0 radical (unpaired) electrons. The van der Waals surface area contributed by atoms with Gasteiger partial charge in [-0.2, -0.15) is 0 Å². The van der Waals surface area contributed by atoms with Crippen molar-refractivity contribution in [2.75, 3.05) is 4.90 Å². The van der Waals surface area contributed by atoms with Crippen molar-refractivity contribution >= 4 is 51.5 Å². The number of amides is 4. The number of carboxylic acid groups (broad SMARTS) is 1. The molecule has 0 saturated carbocycles. The summed E-state index contributed by atoms with van der Waals surface area (Å²) in [6, 6.07) is 15.9. The number of aryl methyl sites for hydroxylation is 1.